The van der Waals surface area contributed by atoms with Crippen molar-refractivity contribution in [3.05, 3.63) is 30.1 Å². The van der Waals surface area contributed by atoms with Gasteiger partial charge in [0.05, 0.1) is 21.3 Å². The summed E-state index contributed by atoms with van der Waals surface area (Å²) in [6, 6.07) is 3.65. The zero-order chi connectivity index (χ0) is 27.3. The lowest BCUT2D eigenvalue weighted by Gasteiger charge is -2.38. The van der Waals surface area contributed by atoms with Crippen LogP contribution in [0.2, 0.25) is 0 Å². The lowest BCUT2D eigenvalue weighted by atomic mass is 9.76. The molecule has 4 rings (SSSR count). The fraction of sp³-hybridized carbons (Fsp3) is 0.462. The number of rotatable bonds is 9. The molecule has 0 spiro atoms. The number of aromatic nitrogens is 3. The number of amides is 2. The second-order valence-corrected chi connectivity index (χ2v) is 10.1. The third-order valence-electron chi connectivity index (χ3n) is 7.00. The van der Waals surface area contributed by atoms with Crippen molar-refractivity contribution >= 4 is 50.3 Å². The van der Waals surface area contributed by atoms with Crippen molar-refractivity contribution in [1.82, 2.24) is 20.3 Å². The normalized spacial score (nSPS) is 15.4. The highest BCUT2D eigenvalue weighted by molar-refractivity contribution is 7.22. The van der Waals surface area contributed by atoms with E-state index in [0.29, 0.717) is 56.4 Å². The maximum Gasteiger partial charge on any atom is 0.321 e. The van der Waals surface area contributed by atoms with Crippen LogP contribution in [0.4, 0.5) is 15.9 Å². The largest absolute Gasteiger partial charge is 0.481 e. The number of anilines is 2. The van der Waals surface area contributed by atoms with Gasteiger partial charge in [-0.15, -0.1) is 0 Å². The minimum atomic E-state index is -0.725. The van der Waals surface area contributed by atoms with Crippen molar-refractivity contribution in [3.8, 4) is 11.1 Å². The number of urea groups is 1. The van der Waals surface area contributed by atoms with Gasteiger partial charge < -0.3 is 20.2 Å². The number of piperidine rings is 1. The Bertz CT molecular complexity index is 1330. The summed E-state index contributed by atoms with van der Waals surface area (Å²) in [5, 5.41) is 19.9. The van der Waals surface area contributed by atoms with Gasteiger partial charge in [-0.3, -0.25) is 10.1 Å². The molecule has 202 valence electrons. The highest BCUT2D eigenvalue weighted by Crippen LogP contribution is 2.37. The van der Waals surface area contributed by atoms with Crippen LogP contribution in [0.15, 0.2) is 29.7 Å². The summed E-state index contributed by atoms with van der Waals surface area (Å²) in [5.74, 6) is -0.139. The molecule has 1 saturated heterocycles. The van der Waals surface area contributed by atoms with Gasteiger partial charge in [0.15, 0.2) is 5.13 Å². The van der Waals surface area contributed by atoms with Crippen molar-refractivity contribution in [3.63, 3.8) is 0 Å². The van der Waals surface area contributed by atoms with Crippen molar-refractivity contribution in [1.29, 1.82) is 0 Å². The van der Waals surface area contributed by atoms with Gasteiger partial charge in [0.25, 0.3) is 0 Å². The molecular formula is C26H33N7O4S. The number of carbonyl (C=O) groups excluding carboxylic acids is 1. The molecule has 1 fully saturated rings. The third kappa shape index (κ3) is 5.54. The summed E-state index contributed by atoms with van der Waals surface area (Å²) in [6.45, 7) is 7.50. The molecule has 0 bridgehead atoms. The molecule has 2 amide bonds. The zero-order valence-corrected chi connectivity index (χ0v) is 22.9. The van der Waals surface area contributed by atoms with E-state index in [4.69, 9.17) is 4.84 Å². The van der Waals surface area contributed by atoms with Gasteiger partial charge in [0.2, 0.25) is 5.95 Å². The number of nitrogens with one attached hydrogen (secondary N) is 2. The number of oxime groups is 1. The summed E-state index contributed by atoms with van der Waals surface area (Å²) in [7, 11) is 1.51. The van der Waals surface area contributed by atoms with Gasteiger partial charge in [0.1, 0.15) is 7.11 Å². The third-order valence-corrected chi connectivity index (χ3v) is 8.02. The fourth-order valence-electron chi connectivity index (χ4n) is 4.67. The van der Waals surface area contributed by atoms with E-state index < -0.39 is 11.4 Å². The number of hydrogen-bond acceptors (Lipinski definition) is 9. The molecule has 2 aromatic heterocycles. The van der Waals surface area contributed by atoms with Gasteiger partial charge in [-0.25, -0.2) is 19.7 Å². The number of aliphatic carboxylic acids is 1. The van der Waals surface area contributed by atoms with Gasteiger partial charge in [-0.1, -0.05) is 30.3 Å². The number of carboxylic acids is 1. The quantitative estimate of drug-likeness (QED) is 0.262. The zero-order valence-electron chi connectivity index (χ0n) is 22.1. The lowest BCUT2D eigenvalue weighted by Crippen LogP contribution is -2.44. The smallest absolute Gasteiger partial charge is 0.321 e. The molecular weight excluding hydrogens is 506 g/mol. The second-order valence-electron chi connectivity index (χ2n) is 9.15. The number of nitrogens with zero attached hydrogens (tertiary/aromatic N) is 5. The molecule has 38 heavy (non-hydrogen) atoms. The van der Waals surface area contributed by atoms with Crippen LogP contribution in [0.5, 0.6) is 0 Å². The summed E-state index contributed by atoms with van der Waals surface area (Å²) < 4.78 is 0.891. The standard InChI is InChI=1S/C26H33N7O4S/c1-5-19(32-37-4)18-12-16(13-20-21(18)38-25(30-20)31-24(36)27-7-3)17-14-28-23(29-15-17)33-10-8-26(6-2,9-11-33)22(34)35/h12-15H,5-11H2,1-4H3,(H,34,35)(H2,27,30,31,36)/b32-19+. The van der Waals surface area contributed by atoms with E-state index in [-0.39, 0.29) is 6.03 Å². The molecule has 0 unspecified atom stereocenters. The minimum Gasteiger partial charge on any atom is -0.481 e. The molecule has 3 heterocycles. The van der Waals surface area contributed by atoms with Gasteiger partial charge in [-0.2, -0.15) is 0 Å². The van der Waals surface area contributed by atoms with Crippen LogP contribution in [-0.2, 0) is 9.63 Å². The molecule has 1 aliphatic heterocycles. The molecule has 1 aromatic carbocycles. The first-order valence-corrected chi connectivity index (χ1v) is 13.6. The Morgan fingerprint density at radius 1 is 1.16 bits per heavy atom. The van der Waals surface area contributed by atoms with Crippen LogP contribution in [0.1, 0.15) is 52.0 Å². The van der Waals surface area contributed by atoms with Gasteiger partial charge >= 0.3 is 12.0 Å². The SMILES string of the molecule is CCNC(=O)Nc1nc2cc(-c3cnc(N4CCC(CC)(C(=O)O)CC4)nc3)cc(/C(CC)=N/OC)c2s1. The Balaban J connectivity index is 1.64. The summed E-state index contributed by atoms with van der Waals surface area (Å²) in [4.78, 5) is 44.8. The fourth-order valence-corrected chi connectivity index (χ4v) is 5.65. The van der Waals surface area contributed by atoms with Crippen molar-refractivity contribution < 1.29 is 19.5 Å². The monoisotopic (exact) mass is 539 g/mol. The maximum atomic E-state index is 12.1. The Morgan fingerprint density at radius 3 is 2.45 bits per heavy atom. The van der Waals surface area contributed by atoms with E-state index in [9.17, 15) is 14.7 Å². The number of hydrogen-bond donors (Lipinski definition) is 3. The van der Waals surface area contributed by atoms with E-state index in [1.165, 1.54) is 18.4 Å². The van der Waals surface area contributed by atoms with Crippen LogP contribution in [-0.4, -0.2) is 64.5 Å². The lowest BCUT2D eigenvalue weighted by molar-refractivity contribution is -0.150. The van der Waals surface area contributed by atoms with Crippen LogP contribution in [0.3, 0.4) is 0 Å². The molecule has 3 N–H and O–H groups in total. The summed E-state index contributed by atoms with van der Waals surface area (Å²) in [5.41, 5.74) is 3.35. The number of carboxylic acid groups (broad SMARTS) is 1. The maximum absolute atomic E-state index is 12.1. The van der Waals surface area contributed by atoms with E-state index in [2.05, 4.69) is 30.7 Å². The van der Waals surface area contributed by atoms with E-state index in [1.807, 2.05) is 37.8 Å². The molecule has 0 atom stereocenters. The van der Waals surface area contributed by atoms with E-state index in [1.54, 1.807) is 12.4 Å². The minimum absolute atomic E-state index is 0.309. The first-order valence-electron chi connectivity index (χ1n) is 12.7. The molecule has 11 nitrogen and oxygen atoms in total. The first-order chi connectivity index (χ1) is 18.3. The van der Waals surface area contributed by atoms with E-state index in [0.717, 1.165) is 32.6 Å². The van der Waals surface area contributed by atoms with Crippen LogP contribution >= 0.6 is 11.3 Å². The first kappa shape index (κ1) is 27.2. The summed E-state index contributed by atoms with van der Waals surface area (Å²) >= 11 is 1.38. The summed E-state index contributed by atoms with van der Waals surface area (Å²) in [6.07, 6.45) is 5.93. The van der Waals surface area contributed by atoms with Crippen LogP contribution in [0.25, 0.3) is 21.3 Å². The number of thiazole rings is 1. The Morgan fingerprint density at radius 2 is 1.87 bits per heavy atom. The second kappa shape index (κ2) is 11.7. The molecule has 12 heteroatoms. The van der Waals surface area contributed by atoms with Crippen LogP contribution in [0, 0.1) is 5.41 Å². The Hall–Kier alpha value is -3.80. The van der Waals surface area contributed by atoms with Gasteiger partial charge in [0, 0.05) is 43.2 Å². The van der Waals surface area contributed by atoms with Crippen LogP contribution < -0.4 is 15.5 Å². The van der Waals surface area contributed by atoms with Crippen molar-refractivity contribution in [2.45, 2.75) is 46.5 Å². The average Bonchev–Trinajstić information content (AvgIpc) is 3.33. The number of fused-ring (bicyclic) bond motifs is 1. The predicted molar refractivity (Wildman–Crippen MR) is 149 cm³/mol. The topological polar surface area (TPSA) is 142 Å². The molecule has 0 saturated carbocycles. The molecule has 0 aliphatic carbocycles. The molecule has 0 radical (unpaired) electrons. The number of carbonyl (C=O) groups is 2. The molecule has 3 aromatic rings. The highest BCUT2D eigenvalue weighted by Gasteiger charge is 2.40. The molecule has 1 aliphatic rings. The van der Waals surface area contributed by atoms with E-state index >= 15 is 0 Å². The van der Waals surface area contributed by atoms with Crippen molar-refractivity contribution in [2.75, 3.05) is 37.0 Å². The van der Waals surface area contributed by atoms with Gasteiger partial charge in [-0.05, 0) is 50.3 Å². The average molecular weight is 540 g/mol. The highest BCUT2D eigenvalue weighted by atomic mass is 32.1. The number of benzene rings is 1. The Labute approximate surface area is 225 Å². The predicted octanol–water partition coefficient (Wildman–Crippen LogP) is 4.74. The Kier molecular flexibility index (Phi) is 8.40. The van der Waals surface area contributed by atoms with Crippen molar-refractivity contribution in [2.24, 2.45) is 10.6 Å².